The number of nitrogens with zero attached hydrogens (tertiary/aromatic N) is 4. The predicted octanol–water partition coefficient (Wildman–Crippen LogP) is 4.84. The molecule has 0 atom stereocenters. The summed E-state index contributed by atoms with van der Waals surface area (Å²) in [7, 11) is 0. The van der Waals surface area contributed by atoms with Crippen LogP contribution in [0.1, 0.15) is 5.82 Å². The molecule has 20 heavy (non-hydrogen) atoms. The van der Waals surface area contributed by atoms with Gasteiger partial charge in [-0.1, -0.05) is 0 Å². The SMILES string of the molecule is CSc1nc(C)ncc1Br.CSc1nc(I)ncc1Br. The summed E-state index contributed by atoms with van der Waals surface area (Å²) >= 11 is 12.0. The number of aryl methyl sites for hydroxylation is 1. The fraction of sp³-hybridized carbons (Fsp3) is 0.273. The molecular weight excluding hydrogens is 539 g/mol. The summed E-state index contributed by atoms with van der Waals surface area (Å²) < 4.78 is 2.70. The van der Waals surface area contributed by atoms with Crippen LogP contribution in [-0.2, 0) is 0 Å². The number of hydrogen-bond donors (Lipinski definition) is 0. The third-order valence-corrected chi connectivity index (χ3v) is 5.50. The van der Waals surface area contributed by atoms with Crippen molar-refractivity contribution in [1.29, 1.82) is 0 Å². The fourth-order valence-electron chi connectivity index (χ4n) is 1.05. The zero-order valence-corrected chi connectivity index (χ0v) is 17.9. The maximum Gasteiger partial charge on any atom is 0.191 e. The van der Waals surface area contributed by atoms with Gasteiger partial charge in [0.25, 0.3) is 0 Å². The molecule has 0 amide bonds. The normalized spacial score (nSPS) is 9.90. The van der Waals surface area contributed by atoms with Gasteiger partial charge in [0.15, 0.2) is 3.83 Å². The van der Waals surface area contributed by atoms with Crippen LogP contribution in [0, 0.1) is 10.8 Å². The van der Waals surface area contributed by atoms with E-state index >= 15 is 0 Å². The molecule has 0 bridgehead atoms. The molecule has 2 aromatic heterocycles. The number of aromatic nitrogens is 4. The number of halogens is 3. The Kier molecular flexibility index (Phi) is 8.87. The van der Waals surface area contributed by atoms with Gasteiger partial charge < -0.3 is 0 Å². The average molecular weight is 550 g/mol. The van der Waals surface area contributed by atoms with E-state index in [2.05, 4.69) is 74.4 Å². The lowest BCUT2D eigenvalue weighted by Gasteiger charge is -1.98. The van der Waals surface area contributed by atoms with Crippen molar-refractivity contribution in [2.75, 3.05) is 12.5 Å². The Hall–Kier alpha value is 0.550. The molecule has 108 valence electrons. The number of hydrogen-bond acceptors (Lipinski definition) is 6. The van der Waals surface area contributed by atoms with Gasteiger partial charge >= 0.3 is 0 Å². The first kappa shape index (κ1) is 18.6. The molecular formula is C11H11Br2IN4S2. The Balaban J connectivity index is 0.000000200. The number of rotatable bonds is 2. The smallest absolute Gasteiger partial charge is 0.191 e. The second-order valence-electron chi connectivity index (χ2n) is 3.27. The summed E-state index contributed by atoms with van der Waals surface area (Å²) in [5, 5.41) is 1.98. The van der Waals surface area contributed by atoms with E-state index in [4.69, 9.17) is 0 Å². The highest BCUT2D eigenvalue weighted by atomic mass is 127. The summed E-state index contributed by atoms with van der Waals surface area (Å²) in [4.78, 5) is 16.4. The van der Waals surface area contributed by atoms with Gasteiger partial charge in [-0.15, -0.1) is 23.5 Å². The van der Waals surface area contributed by atoms with Crippen molar-refractivity contribution in [2.24, 2.45) is 0 Å². The van der Waals surface area contributed by atoms with Gasteiger partial charge in [-0.3, -0.25) is 0 Å². The molecule has 2 heterocycles. The topological polar surface area (TPSA) is 51.6 Å². The third-order valence-electron chi connectivity index (χ3n) is 1.90. The highest BCUT2D eigenvalue weighted by Gasteiger charge is 2.00. The van der Waals surface area contributed by atoms with Gasteiger partial charge in [-0.2, -0.15) is 0 Å². The molecule has 0 aliphatic rings. The molecule has 0 fully saturated rings. The molecule has 4 nitrogen and oxygen atoms in total. The Labute approximate surface area is 157 Å². The molecule has 2 aromatic rings. The Morgan fingerprint density at radius 1 is 0.950 bits per heavy atom. The highest BCUT2D eigenvalue weighted by molar-refractivity contribution is 14.1. The molecule has 0 radical (unpaired) electrons. The van der Waals surface area contributed by atoms with Crippen molar-refractivity contribution in [3.05, 3.63) is 31.0 Å². The molecule has 0 aliphatic carbocycles. The zero-order chi connectivity index (χ0) is 15.1. The highest BCUT2D eigenvalue weighted by Crippen LogP contribution is 2.22. The summed E-state index contributed by atoms with van der Waals surface area (Å²) in [6.07, 6.45) is 7.52. The van der Waals surface area contributed by atoms with Crippen LogP contribution < -0.4 is 0 Å². The minimum absolute atomic E-state index is 0.783. The maximum absolute atomic E-state index is 4.20. The largest absolute Gasteiger partial charge is 0.240 e. The van der Waals surface area contributed by atoms with Crippen LogP contribution in [0.2, 0.25) is 0 Å². The van der Waals surface area contributed by atoms with Crippen molar-refractivity contribution in [3.63, 3.8) is 0 Å². The van der Waals surface area contributed by atoms with Gasteiger partial charge in [-0.25, -0.2) is 19.9 Å². The van der Waals surface area contributed by atoms with E-state index in [1.165, 1.54) is 0 Å². The lowest BCUT2D eigenvalue weighted by Crippen LogP contribution is -1.88. The van der Waals surface area contributed by atoms with Gasteiger partial charge in [-0.05, 0) is 51.3 Å². The lowest BCUT2D eigenvalue weighted by molar-refractivity contribution is 0.953. The molecule has 0 saturated heterocycles. The first-order valence-electron chi connectivity index (χ1n) is 5.23. The van der Waals surface area contributed by atoms with Crippen LogP contribution >= 0.6 is 78.0 Å². The summed E-state index contributed by atoms with van der Waals surface area (Å²) in [6.45, 7) is 1.88. The minimum Gasteiger partial charge on any atom is -0.240 e. The van der Waals surface area contributed by atoms with E-state index in [-0.39, 0.29) is 0 Å². The monoisotopic (exact) mass is 548 g/mol. The van der Waals surface area contributed by atoms with Crippen LogP contribution in [0.5, 0.6) is 0 Å². The molecule has 2 rings (SSSR count). The van der Waals surface area contributed by atoms with E-state index in [1.807, 2.05) is 19.4 Å². The quantitative estimate of drug-likeness (QED) is 0.231. The van der Waals surface area contributed by atoms with Crippen LogP contribution in [0.3, 0.4) is 0 Å². The van der Waals surface area contributed by atoms with Crippen molar-refractivity contribution < 1.29 is 0 Å². The lowest BCUT2D eigenvalue weighted by atomic mass is 10.6. The molecule has 0 unspecified atom stereocenters. The zero-order valence-electron chi connectivity index (χ0n) is 10.9. The van der Waals surface area contributed by atoms with E-state index in [1.54, 1.807) is 35.9 Å². The van der Waals surface area contributed by atoms with Crippen molar-refractivity contribution >= 4 is 78.0 Å². The van der Waals surface area contributed by atoms with E-state index in [9.17, 15) is 0 Å². The van der Waals surface area contributed by atoms with E-state index < -0.39 is 0 Å². The number of thioether (sulfide) groups is 2. The van der Waals surface area contributed by atoms with Crippen molar-refractivity contribution in [3.8, 4) is 0 Å². The van der Waals surface area contributed by atoms with Crippen LogP contribution in [-0.4, -0.2) is 32.4 Å². The fourth-order valence-corrected chi connectivity index (χ4v) is 3.85. The predicted molar refractivity (Wildman–Crippen MR) is 100 cm³/mol. The Morgan fingerprint density at radius 2 is 1.45 bits per heavy atom. The summed E-state index contributed by atoms with van der Waals surface area (Å²) in [6, 6.07) is 0. The maximum atomic E-state index is 4.20. The molecule has 0 aliphatic heterocycles. The van der Waals surface area contributed by atoms with Gasteiger partial charge in [0, 0.05) is 35.0 Å². The first-order chi connectivity index (χ1) is 9.47. The second-order valence-corrected chi connectivity index (χ2v) is 7.53. The van der Waals surface area contributed by atoms with Crippen LogP contribution in [0.4, 0.5) is 0 Å². The van der Waals surface area contributed by atoms with E-state index in [0.717, 1.165) is 28.7 Å². The molecule has 0 spiro atoms. The minimum atomic E-state index is 0.783. The van der Waals surface area contributed by atoms with Crippen LogP contribution in [0.25, 0.3) is 0 Å². The Morgan fingerprint density at radius 3 is 1.90 bits per heavy atom. The second kappa shape index (κ2) is 9.54. The van der Waals surface area contributed by atoms with Gasteiger partial charge in [0.2, 0.25) is 0 Å². The van der Waals surface area contributed by atoms with Gasteiger partial charge in [0.1, 0.15) is 15.9 Å². The van der Waals surface area contributed by atoms with Crippen molar-refractivity contribution in [1.82, 2.24) is 19.9 Å². The van der Waals surface area contributed by atoms with Gasteiger partial charge in [0.05, 0.1) is 8.95 Å². The standard InChI is InChI=1S/C6H7BrN2S.C5H4BrIN2S/c1-4-8-3-5(7)6(9-4)10-2;1-10-4-3(6)2-8-5(7)9-4/h3H,1-2H3;2H,1H3. The average Bonchev–Trinajstić information content (AvgIpc) is 2.44. The molecule has 0 N–H and O–H groups in total. The van der Waals surface area contributed by atoms with Crippen LogP contribution in [0.15, 0.2) is 31.4 Å². The molecule has 9 heteroatoms. The Bertz CT molecular complexity index is 535. The summed E-state index contributed by atoms with van der Waals surface area (Å²) in [5.74, 6) is 0.813. The third kappa shape index (κ3) is 6.12. The molecule has 0 aromatic carbocycles. The van der Waals surface area contributed by atoms with E-state index in [0.29, 0.717) is 0 Å². The van der Waals surface area contributed by atoms with Crippen molar-refractivity contribution in [2.45, 2.75) is 17.0 Å². The summed E-state index contributed by atoms with van der Waals surface area (Å²) in [5.41, 5.74) is 0. The first-order valence-corrected chi connectivity index (χ1v) is 10.3. The molecule has 0 saturated carbocycles.